The molecule has 0 bridgehead atoms. The van der Waals surface area contributed by atoms with Gasteiger partial charge in [-0.15, -0.1) is 12.4 Å². The van der Waals surface area contributed by atoms with Gasteiger partial charge in [0.2, 0.25) is 0 Å². The number of nitrogens with zero attached hydrogens (tertiary/aromatic N) is 1. The predicted octanol–water partition coefficient (Wildman–Crippen LogP) is 4.24. The molecule has 1 aliphatic rings. The van der Waals surface area contributed by atoms with Gasteiger partial charge in [-0.2, -0.15) is 0 Å². The van der Waals surface area contributed by atoms with Gasteiger partial charge in [0.25, 0.3) is 0 Å². The lowest BCUT2D eigenvalue weighted by Gasteiger charge is -2.22. The summed E-state index contributed by atoms with van der Waals surface area (Å²) in [4.78, 5) is 4.39. The molecule has 0 amide bonds. The number of rotatable bonds is 3. The second kappa shape index (κ2) is 7.26. The normalized spacial score (nSPS) is 16.1. The Kier molecular flexibility index (Phi) is 5.64. The van der Waals surface area contributed by atoms with E-state index in [0.29, 0.717) is 0 Å². The van der Waals surface area contributed by atoms with Gasteiger partial charge < -0.3 is 5.32 Å². The zero-order valence-corrected chi connectivity index (χ0v) is 13.0. The van der Waals surface area contributed by atoms with E-state index < -0.39 is 0 Å². The Morgan fingerprint density at radius 1 is 1.20 bits per heavy atom. The molecule has 0 aliphatic carbocycles. The van der Waals surface area contributed by atoms with E-state index >= 15 is 0 Å². The van der Waals surface area contributed by atoms with E-state index in [2.05, 4.69) is 28.5 Å². The van der Waals surface area contributed by atoms with Crippen molar-refractivity contribution >= 4 is 34.9 Å². The van der Waals surface area contributed by atoms with Crippen LogP contribution in [0, 0.1) is 5.92 Å². The van der Waals surface area contributed by atoms with E-state index in [1.165, 1.54) is 30.2 Å². The van der Waals surface area contributed by atoms with Gasteiger partial charge in [0.15, 0.2) is 0 Å². The highest BCUT2D eigenvalue weighted by molar-refractivity contribution is 6.32. The fraction of sp³-hybridized carbons (Fsp3) is 0.438. The molecule has 2 nitrogen and oxygen atoms in total. The summed E-state index contributed by atoms with van der Waals surface area (Å²) in [6, 6.07) is 8.28. The van der Waals surface area contributed by atoms with Crippen molar-refractivity contribution in [1.82, 2.24) is 10.3 Å². The summed E-state index contributed by atoms with van der Waals surface area (Å²) in [6.45, 7) is 2.32. The van der Waals surface area contributed by atoms with Gasteiger partial charge in [-0.1, -0.05) is 29.8 Å². The summed E-state index contributed by atoms with van der Waals surface area (Å²) in [7, 11) is 0. The first-order valence-electron chi connectivity index (χ1n) is 7.07. The van der Waals surface area contributed by atoms with Crippen LogP contribution in [0.15, 0.2) is 30.5 Å². The Bertz CT molecular complexity index is 565. The number of benzene rings is 1. The first kappa shape index (κ1) is 15.6. The topological polar surface area (TPSA) is 24.9 Å². The maximum absolute atomic E-state index is 6.35. The second-order valence-electron chi connectivity index (χ2n) is 5.33. The number of pyridine rings is 1. The third-order valence-corrected chi connectivity index (χ3v) is 4.42. The van der Waals surface area contributed by atoms with Gasteiger partial charge in [-0.25, -0.2) is 0 Å². The van der Waals surface area contributed by atoms with Gasteiger partial charge in [0.05, 0.1) is 10.5 Å². The van der Waals surface area contributed by atoms with Crippen LogP contribution in [0.3, 0.4) is 0 Å². The van der Waals surface area contributed by atoms with Gasteiger partial charge in [0, 0.05) is 11.6 Å². The van der Waals surface area contributed by atoms with Crippen molar-refractivity contribution in [3.05, 3.63) is 41.0 Å². The summed E-state index contributed by atoms with van der Waals surface area (Å²) in [5.41, 5.74) is 2.32. The van der Waals surface area contributed by atoms with E-state index in [1.807, 2.05) is 6.07 Å². The molecule has 1 N–H and O–H groups in total. The molecule has 1 aliphatic heterocycles. The Balaban J connectivity index is 0.00000147. The van der Waals surface area contributed by atoms with Crippen LogP contribution in [0.1, 0.15) is 24.8 Å². The molecule has 108 valence electrons. The average Bonchev–Trinajstić information content (AvgIpc) is 2.47. The summed E-state index contributed by atoms with van der Waals surface area (Å²) < 4.78 is 0. The molecule has 0 saturated carbocycles. The number of piperidine rings is 1. The average molecular weight is 311 g/mol. The predicted molar refractivity (Wildman–Crippen MR) is 87.9 cm³/mol. The van der Waals surface area contributed by atoms with E-state index in [9.17, 15) is 0 Å². The summed E-state index contributed by atoms with van der Waals surface area (Å²) in [5, 5.41) is 5.44. The number of hydrogen-bond acceptors (Lipinski definition) is 2. The second-order valence-corrected chi connectivity index (χ2v) is 5.74. The van der Waals surface area contributed by atoms with Gasteiger partial charge in [-0.05, 0) is 56.3 Å². The fourth-order valence-corrected chi connectivity index (χ4v) is 3.19. The highest BCUT2D eigenvalue weighted by Gasteiger charge is 2.14. The SMILES string of the molecule is Cl.Clc1cnc2ccccc2c1CCC1CCNCC1. The molecule has 0 radical (unpaired) electrons. The minimum absolute atomic E-state index is 0. The standard InChI is InChI=1S/C16H19ClN2.ClH/c17-15-11-19-16-4-2-1-3-14(16)13(15)6-5-12-7-9-18-10-8-12;/h1-4,11-12,18H,5-10H2;1H. The lowest BCUT2D eigenvalue weighted by Crippen LogP contribution is -2.27. The number of hydrogen-bond donors (Lipinski definition) is 1. The molecule has 4 heteroatoms. The van der Waals surface area contributed by atoms with Crippen molar-refractivity contribution in [3.63, 3.8) is 0 Å². The lowest BCUT2D eigenvalue weighted by molar-refractivity contribution is 0.354. The summed E-state index contributed by atoms with van der Waals surface area (Å²) in [5.74, 6) is 0.837. The van der Waals surface area contributed by atoms with Crippen LogP contribution < -0.4 is 5.32 Å². The zero-order valence-electron chi connectivity index (χ0n) is 11.4. The number of aryl methyl sites for hydroxylation is 1. The maximum Gasteiger partial charge on any atom is 0.0705 e. The molecule has 1 aromatic heterocycles. The van der Waals surface area contributed by atoms with Gasteiger partial charge in [-0.3, -0.25) is 4.98 Å². The molecule has 0 atom stereocenters. The van der Waals surface area contributed by atoms with Crippen LogP contribution in [-0.4, -0.2) is 18.1 Å². The van der Waals surface area contributed by atoms with Crippen LogP contribution in [0.5, 0.6) is 0 Å². The smallest absolute Gasteiger partial charge is 0.0705 e. The third-order valence-electron chi connectivity index (χ3n) is 4.10. The van der Waals surface area contributed by atoms with Crippen molar-refractivity contribution < 1.29 is 0 Å². The zero-order chi connectivity index (χ0) is 13.1. The molecular formula is C16H20Cl2N2. The fourth-order valence-electron chi connectivity index (χ4n) is 2.95. The van der Waals surface area contributed by atoms with Crippen molar-refractivity contribution in [3.8, 4) is 0 Å². The molecule has 0 spiro atoms. The van der Waals surface area contributed by atoms with E-state index in [1.54, 1.807) is 6.20 Å². The number of nitrogens with one attached hydrogen (secondary N) is 1. The highest BCUT2D eigenvalue weighted by atomic mass is 35.5. The first-order chi connectivity index (χ1) is 9.34. The van der Waals surface area contributed by atoms with Crippen LogP contribution in [0.4, 0.5) is 0 Å². The van der Waals surface area contributed by atoms with E-state index in [4.69, 9.17) is 11.6 Å². The van der Waals surface area contributed by atoms with E-state index in [-0.39, 0.29) is 12.4 Å². The van der Waals surface area contributed by atoms with Gasteiger partial charge >= 0.3 is 0 Å². The van der Waals surface area contributed by atoms with Crippen molar-refractivity contribution in [1.29, 1.82) is 0 Å². The third kappa shape index (κ3) is 3.43. The number of aromatic nitrogens is 1. The van der Waals surface area contributed by atoms with Crippen LogP contribution >= 0.6 is 24.0 Å². The molecule has 3 rings (SSSR count). The monoisotopic (exact) mass is 310 g/mol. The lowest BCUT2D eigenvalue weighted by atomic mass is 9.90. The van der Waals surface area contributed by atoms with Crippen LogP contribution in [-0.2, 0) is 6.42 Å². The molecule has 2 heterocycles. The van der Waals surface area contributed by atoms with E-state index in [0.717, 1.165) is 36.0 Å². The van der Waals surface area contributed by atoms with Crippen molar-refractivity contribution in [2.45, 2.75) is 25.7 Å². The minimum Gasteiger partial charge on any atom is -0.317 e. The maximum atomic E-state index is 6.35. The molecular weight excluding hydrogens is 291 g/mol. The van der Waals surface area contributed by atoms with Crippen molar-refractivity contribution in [2.75, 3.05) is 13.1 Å². The summed E-state index contributed by atoms with van der Waals surface area (Å²) in [6.07, 6.45) is 6.67. The summed E-state index contributed by atoms with van der Waals surface area (Å²) >= 11 is 6.35. The Morgan fingerprint density at radius 3 is 2.75 bits per heavy atom. The molecule has 1 aromatic carbocycles. The molecule has 1 fully saturated rings. The molecule has 20 heavy (non-hydrogen) atoms. The Hall–Kier alpha value is -0.830. The Morgan fingerprint density at radius 2 is 1.95 bits per heavy atom. The van der Waals surface area contributed by atoms with Crippen molar-refractivity contribution in [2.24, 2.45) is 5.92 Å². The number of fused-ring (bicyclic) bond motifs is 1. The molecule has 0 unspecified atom stereocenters. The first-order valence-corrected chi connectivity index (χ1v) is 7.45. The molecule has 2 aromatic rings. The molecule has 1 saturated heterocycles. The minimum atomic E-state index is 0. The quantitative estimate of drug-likeness (QED) is 0.917. The van der Waals surface area contributed by atoms with Crippen LogP contribution in [0.2, 0.25) is 5.02 Å². The largest absolute Gasteiger partial charge is 0.317 e. The number of halogens is 2. The number of para-hydroxylation sites is 1. The Labute approximate surface area is 131 Å². The van der Waals surface area contributed by atoms with Crippen LogP contribution in [0.25, 0.3) is 10.9 Å². The van der Waals surface area contributed by atoms with Gasteiger partial charge in [0.1, 0.15) is 0 Å². The highest BCUT2D eigenvalue weighted by Crippen LogP contribution is 2.28.